The van der Waals surface area contributed by atoms with E-state index in [2.05, 4.69) is 10.3 Å². The molecular formula is C20H16FN3O3. The van der Waals surface area contributed by atoms with Gasteiger partial charge in [0.1, 0.15) is 12.4 Å². The van der Waals surface area contributed by atoms with E-state index in [0.29, 0.717) is 11.3 Å². The molecule has 2 aromatic carbocycles. The summed E-state index contributed by atoms with van der Waals surface area (Å²) in [5.74, 6) is -0.970. The summed E-state index contributed by atoms with van der Waals surface area (Å²) in [6, 6.07) is 13.6. The third-order valence-electron chi connectivity index (χ3n) is 3.92. The maximum Gasteiger partial charge on any atom is 0.254 e. The average Bonchev–Trinajstić information content (AvgIpc) is 2.64. The molecule has 3 rings (SSSR count). The summed E-state index contributed by atoms with van der Waals surface area (Å²) in [7, 11) is 0. The number of anilines is 1. The van der Waals surface area contributed by atoms with E-state index < -0.39 is 17.3 Å². The molecule has 27 heavy (non-hydrogen) atoms. The molecule has 0 radical (unpaired) electrons. The number of nitrogens with zero attached hydrogens (tertiary/aromatic N) is 2. The van der Waals surface area contributed by atoms with Crippen LogP contribution >= 0.6 is 0 Å². The topological polar surface area (TPSA) is 81.1 Å². The van der Waals surface area contributed by atoms with Gasteiger partial charge in [0.2, 0.25) is 5.91 Å². The summed E-state index contributed by atoms with van der Waals surface area (Å²) in [4.78, 5) is 39.7. The predicted molar refractivity (Wildman–Crippen MR) is 99.0 cm³/mol. The Labute approximate surface area is 154 Å². The Morgan fingerprint density at radius 2 is 1.81 bits per heavy atom. The molecule has 0 aliphatic carbocycles. The van der Waals surface area contributed by atoms with Gasteiger partial charge in [-0.15, -0.1) is 0 Å². The van der Waals surface area contributed by atoms with Crippen LogP contribution in [-0.2, 0) is 11.3 Å². The number of hydrogen-bond donors (Lipinski definition) is 1. The van der Waals surface area contributed by atoms with E-state index in [9.17, 15) is 18.8 Å². The number of rotatable bonds is 5. The van der Waals surface area contributed by atoms with Crippen LogP contribution in [0.15, 0.2) is 65.7 Å². The Morgan fingerprint density at radius 3 is 2.44 bits per heavy atom. The summed E-state index contributed by atoms with van der Waals surface area (Å²) < 4.78 is 14.9. The standard InChI is InChI=1S/C20H16FN3O3/c1-13(25)14-6-8-15(9-7-14)23-19(26)11-24-12-22-18(10-20(24)27)16-4-2-3-5-17(16)21/h2-10,12H,11H2,1H3,(H,23,26). The second-order valence-corrected chi connectivity index (χ2v) is 5.90. The van der Waals surface area contributed by atoms with E-state index >= 15 is 0 Å². The molecule has 1 amide bonds. The quantitative estimate of drug-likeness (QED) is 0.705. The van der Waals surface area contributed by atoms with E-state index in [1.165, 1.54) is 31.5 Å². The van der Waals surface area contributed by atoms with Gasteiger partial charge in [0.05, 0.1) is 12.0 Å². The molecule has 3 aromatic rings. The molecule has 0 atom stereocenters. The zero-order valence-corrected chi connectivity index (χ0v) is 14.5. The first kappa shape index (κ1) is 18.2. The monoisotopic (exact) mass is 365 g/mol. The Balaban J connectivity index is 1.72. The second kappa shape index (κ2) is 7.74. The van der Waals surface area contributed by atoms with Crippen LogP contribution < -0.4 is 10.9 Å². The van der Waals surface area contributed by atoms with Gasteiger partial charge in [-0.3, -0.25) is 19.0 Å². The molecular weight excluding hydrogens is 349 g/mol. The fraction of sp³-hybridized carbons (Fsp3) is 0.100. The van der Waals surface area contributed by atoms with Gasteiger partial charge in [0.15, 0.2) is 5.78 Å². The van der Waals surface area contributed by atoms with Crippen molar-refractivity contribution in [3.05, 3.63) is 82.7 Å². The smallest absolute Gasteiger partial charge is 0.254 e. The second-order valence-electron chi connectivity index (χ2n) is 5.90. The number of halogens is 1. The fourth-order valence-corrected chi connectivity index (χ4v) is 2.50. The van der Waals surface area contributed by atoms with Gasteiger partial charge in [-0.05, 0) is 43.3 Å². The van der Waals surface area contributed by atoms with Crippen molar-refractivity contribution >= 4 is 17.4 Å². The molecule has 136 valence electrons. The van der Waals surface area contributed by atoms with Crippen molar-refractivity contribution in [2.24, 2.45) is 0 Å². The lowest BCUT2D eigenvalue weighted by Crippen LogP contribution is -2.27. The average molecular weight is 365 g/mol. The molecule has 0 bridgehead atoms. The van der Waals surface area contributed by atoms with Gasteiger partial charge < -0.3 is 5.32 Å². The summed E-state index contributed by atoms with van der Waals surface area (Å²) in [6.07, 6.45) is 1.21. The Bertz CT molecular complexity index is 1060. The van der Waals surface area contributed by atoms with Gasteiger partial charge in [-0.1, -0.05) is 12.1 Å². The zero-order chi connectivity index (χ0) is 19.4. The van der Waals surface area contributed by atoms with E-state index in [1.807, 2.05) is 0 Å². The third kappa shape index (κ3) is 4.33. The molecule has 0 spiro atoms. The lowest BCUT2D eigenvalue weighted by Gasteiger charge is -2.08. The third-order valence-corrected chi connectivity index (χ3v) is 3.92. The van der Waals surface area contributed by atoms with Crippen LogP contribution in [0.4, 0.5) is 10.1 Å². The van der Waals surface area contributed by atoms with Crippen LogP contribution in [0.1, 0.15) is 17.3 Å². The first-order chi connectivity index (χ1) is 12.9. The molecule has 0 aliphatic rings. The van der Waals surface area contributed by atoms with Crippen LogP contribution in [-0.4, -0.2) is 21.2 Å². The Hall–Kier alpha value is -3.61. The van der Waals surface area contributed by atoms with E-state index in [1.54, 1.807) is 36.4 Å². The van der Waals surface area contributed by atoms with Crippen molar-refractivity contribution in [2.75, 3.05) is 5.32 Å². The number of Topliss-reactive ketones (excluding diaryl/α,β-unsaturated/α-hetero) is 1. The van der Waals surface area contributed by atoms with Crippen LogP contribution in [0.3, 0.4) is 0 Å². The van der Waals surface area contributed by atoms with E-state index in [4.69, 9.17) is 0 Å². The van der Waals surface area contributed by atoms with Crippen molar-refractivity contribution in [3.63, 3.8) is 0 Å². The van der Waals surface area contributed by atoms with Crippen molar-refractivity contribution in [1.82, 2.24) is 9.55 Å². The van der Waals surface area contributed by atoms with E-state index in [-0.39, 0.29) is 23.6 Å². The number of carbonyl (C=O) groups excluding carboxylic acids is 2. The lowest BCUT2D eigenvalue weighted by molar-refractivity contribution is -0.116. The van der Waals surface area contributed by atoms with Gasteiger partial charge in [-0.2, -0.15) is 0 Å². The molecule has 0 saturated carbocycles. The first-order valence-electron chi connectivity index (χ1n) is 8.16. The molecule has 1 heterocycles. The minimum Gasteiger partial charge on any atom is -0.325 e. The maximum atomic E-state index is 13.8. The summed E-state index contributed by atoms with van der Waals surface area (Å²) >= 11 is 0. The minimum atomic E-state index is -0.478. The van der Waals surface area contributed by atoms with Gasteiger partial charge in [0, 0.05) is 22.9 Å². The molecule has 0 fully saturated rings. The normalized spacial score (nSPS) is 10.4. The number of aromatic nitrogens is 2. The molecule has 6 nitrogen and oxygen atoms in total. The molecule has 0 aliphatic heterocycles. The number of nitrogens with one attached hydrogen (secondary N) is 1. The minimum absolute atomic E-state index is 0.0690. The largest absolute Gasteiger partial charge is 0.325 e. The van der Waals surface area contributed by atoms with Crippen molar-refractivity contribution in [2.45, 2.75) is 13.5 Å². The predicted octanol–water partition coefficient (Wildman–Crippen LogP) is 2.89. The first-order valence-corrected chi connectivity index (χ1v) is 8.16. The molecule has 0 saturated heterocycles. The van der Waals surface area contributed by atoms with Crippen LogP contribution in [0, 0.1) is 5.82 Å². The number of carbonyl (C=O) groups is 2. The van der Waals surface area contributed by atoms with Crippen LogP contribution in [0.2, 0.25) is 0 Å². The highest BCUT2D eigenvalue weighted by molar-refractivity contribution is 5.95. The van der Waals surface area contributed by atoms with Gasteiger partial charge >= 0.3 is 0 Å². The number of amides is 1. The summed E-state index contributed by atoms with van der Waals surface area (Å²) in [5, 5.41) is 2.64. The molecule has 1 N–H and O–H groups in total. The van der Waals surface area contributed by atoms with Crippen LogP contribution in [0.5, 0.6) is 0 Å². The molecule has 0 unspecified atom stereocenters. The van der Waals surface area contributed by atoms with Gasteiger partial charge in [0.25, 0.3) is 5.56 Å². The maximum absolute atomic E-state index is 13.8. The highest BCUT2D eigenvalue weighted by Crippen LogP contribution is 2.18. The van der Waals surface area contributed by atoms with E-state index in [0.717, 1.165) is 4.57 Å². The Morgan fingerprint density at radius 1 is 1.11 bits per heavy atom. The lowest BCUT2D eigenvalue weighted by atomic mass is 10.1. The highest BCUT2D eigenvalue weighted by atomic mass is 19.1. The van der Waals surface area contributed by atoms with Crippen molar-refractivity contribution < 1.29 is 14.0 Å². The highest BCUT2D eigenvalue weighted by Gasteiger charge is 2.10. The fourth-order valence-electron chi connectivity index (χ4n) is 2.50. The summed E-state index contributed by atoms with van der Waals surface area (Å²) in [6.45, 7) is 1.22. The molecule has 1 aromatic heterocycles. The van der Waals surface area contributed by atoms with Gasteiger partial charge in [-0.25, -0.2) is 9.37 Å². The van der Waals surface area contributed by atoms with Crippen molar-refractivity contribution in [1.29, 1.82) is 0 Å². The SMILES string of the molecule is CC(=O)c1ccc(NC(=O)Cn2cnc(-c3ccccc3F)cc2=O)cc1. The van der Waals surface area contributed by atoms with Crippen molar-refractivity contribution in [3.8, 4) is 11.3 Å². The number of hydrogen-bond acceptors (Lipinski definition) is 4. The molecule has 7 heteroatoms. The Kier molecular flexibility index (Phi) is 5.21. The number of benzene rings is 2. The van der Waals surface area contributed by atoms with Crippen LogP contribution in [0.25, 0.3) is 11.3 Å². The zero-order valence-electron chi connectivity index (χ0n) is 14.5. The number of ketones is 1. The summed E-state index contributed by atoms with van der Waals surface area (Å²) in [5.41, 5.74) is 1.00.